The molecule has 94 valence electrons. The predicted molar refractivity (Wildman–Crippen MR) is 66.7 cm³/mol. The van der Waals surface area contributed by atoms with Crippen molar-refractivity contribution in [2.75, 3.05) is 39.4 Å². The number of morpholine rings is 1. The van der Waals surface area contributed by atoms with E-state index in [4.69, 9.17) is 4.74 Å². The van der Waals surface area contributed by atoms with Crippen LogP contribution < -0.4 is 5.32 Å². The lowest BCUT2D eigenvalue weighted by Crippen LogP contribution is -2.48. The maximum atomic E-state index is 5.51. The molecule has 3 heteroatoms. The summed E-state index contributed by atoms with van der Waals surface area (Å²) in [5.74, 6) is 0.973. The first-order valence-electron chi connectivity index (χ1n) is 6.92. The summed E-state index contributed by atoms with van der Waals surface area (Å²) in [5, 5.41) is 3.55. The smallest absolute Gasteiger partial charge is 0.0632 e. The van der Waals surface area contributed by atoms with E-state index in [0.29, 0.717) is 6.04 Å². The van der Waals surface area contributed by atoms with E-state index in [0.717, 1.165) is 25.7 Å². The molecular weight excluding hydrogens is 200 g/mol. The Morgan fingerprint density at radius 2 is 2.25 bits per heavy atom. The Balaban J connectivity index is 1.72. The SMILES string of the molecule is CCC1CCCN(CC2COCCN2)CC1. The quantitative estimate of drug-likeness (QED) is 0.789. The molecule has 1 N–H and O–H groups in total. The van der Waals surface area contributed by atoms with Crippen LogP contribution in [0.25, 0.3) is 0 Å². The van der Waals surface area contributed by atoms with Crippen molar-refractivity contribution in [1.82, 2.24) is 10.2 Å². The second-order valence-electron chi connectivity index (χ2n) is 5.23. The van der Waals surface area contributed by atoms with E-state index in [9.17, 15) is 0 Å². The number of nitrogens with one attached hydrogen (secondary N) is 1. The number of nitrogens with zero attached hydrogens (tertiary/aromatic N) is 1. The predicted octanol–water partition coefficient (Wildman–Crippen LogP) is 1.49. The summed E-state index contributed by atoms with van der Waals surface area (Å²) in [4.78, 5) is 2.63. The highest BCUT2D eigenvalue weighted by Crippen LogP contribution is 2.20. The third kappa shape index (κ3) is 3.72. The topological polar surface area (TPSA) is 24.5 Å². The summed E-state index contributed by atoms with van der Waals surface area (Å²) < 4.78 is 5.51. The number of ether oxygens (including phenoxy) is 1. The van der Waals surface area contributed by atoms with Gasteiger partial charge in [-0.05, 0) is 38.3 Å². The van der Waals surface area contributed by atoms with Crippen molar-refractivity contribution in [3.63, 3.8) is 0 Å². The molecule has 16 heavy (non-hydrogen) atoms. The molecule has 2 heterocycles. The van der Waals surface area contributed by atoms with Gasteiger partial charge in [0.2, 0.25) is 0 Å². The van der Waals surface area contributed by atoms with Gasteiger partial charge in [0, 0.05) is 19.1 Å². The van der Waals surface area contributed by atoms with Crippen molar-refractivity contribution in [2.24, 2.45) is 5.92 Å². The first kappa shape index (κ1) is 12.3. The Morgan fingerprint density at radius 1 is 1.31 bits per heavy atom. The average Bonchev–Trinajstić information content (AvgIpc) is 2.56. The van der Waals surface area contributed by atoms with Crippen LogP contribution in [0.4, 0.5) is 0 Å². The lowest BCUT2D eigenvalue weighted by atomic mass is 9.98. The standard InChI is InChI=1S/C13H26N2O/c1-2-12-4-3-7-15(8-5-12)10-13-11-16-9-6-14-13/h12-14H,2-11H2,1H3. The molecule has 3 nitrogen and oxygen atoms in total. The molecule has 0 amide bonds. The molecule has 2 aliphatic heterocycles. The van der Waals surface area contributed by atoms with Gasteiger partial charge >= 0.3 is 0 Å². The van der Waals surface area contributed by atoms with Crippen molar-refractivity contribution in [3.8, 4) is 0 Å². The molecule has 0 aromatic heterocycles. The molecule has 0 bridgehead atoms. The number of rotatable bonds is 3. The Kier molecular flexibility index (Phi) is 5.07. The van der Waals surface area contributed by atoms with Crippen LogP contribution in [0.3, 0.4) is 0 Å². The minimum Gasteiger partial charge on any atom is -0.378 e. The molecule has 0 spiro atoms. The molecule has 2 aliphatic rings. The summed E-state index contributed by atoms with van der Waals surface area (Å²) in [7, 11) is 0. The molecule has 2 fully saturated rings. The zero-order chi connectivity index (χ0) is 11.2. The van der Waals surface area contributed by atoms with Crippen molar-refractivity contribution in [2.45, 2.75) is 38.6 Å². The number of hydrogen-bond donors (Lipinski definition) is 1. The van der Waals surface area contributed by atoms with Crippen LogP contribution in [0.1, 0.15) is 32.6 Å². The lowest BCUT2D eigenvalue weighted by molar-refractivity contribution is 0.0622. The molecule has 0 aliphatic carbocycles. The van der Waals surface area contributed by atoms with Crippen LogP contribution in [-0.4, -0.2) is 50.3 Å². The van der Waals surface area contributed by atoms with Gasteiger partial charge in [-0.3, -0.25) is 0 Å². The van der Waals surface area contributed by atoms with Crippen LogP contribution in [0, 0.1) is 5.92 Å². The third-order valence-corrected chi connectivity index (χ3v) is 3.99. The fraction of sp³-hybridized carbons (Fsp3) is 1.00. The van der Waals surface area contributed by atoms with Gasteiger partial charge in [-0.15, -0.1) is 0 Å². The Hall–Kier alpha value is -0.120. The maximum absolute atomic E-state index is 5.51. The van der Waals surface area contributed by atoms with E-state index in [-0.39, 0.29) is 0 Å². The van der Waals surface area contributed by atoms with Gasteiger partial charge in [0.25, 0.3) is 0 Å². The van der Waals surface area contributed by atoms with Crippen molar-refractivity contribution >= 4 is 0 Å². The van der Waals surface area contributed by atoms with Gasteiger partial charge in [-0.1, -0.05) is 13.3 Å². The van der Waals surface area contributed by atoms with Crippen molar-refractivity contribution in [3.05, 3.63) is 0 Å². The molecule has 0 saturated carbocycles. The second-order valence-corrected chi connectivity index (χ2v) is 5.23. The summed E-state index contributed by atoms with van der Waals surface area (Å²) in [6.07, 6.45) is 5.57. The van der Waals surface area contributed by atoms with Gasteiger partial charge in [0.15, 0.2) is 0 Å². The van der Waals surface area contributed by atoms with Crippen LogP contribution in [0.15, 0.2) is 0 Å². The van der Waals surface area contributed by atoms with E-state index in [1.54, 1.807) is 0 Å². The van der Waals surface area contributed by atoms with Gasteiger partial charge in [-0.25, -0.2) is 0 Å². The zero-order valence-electron chi connectivity index (χ0n) is 10.6. The van der Waals surface area contributed by atoms with E-state index in [2.05, 4.69) is 17.1 Å². The summed E-state index contributed by atoms with van der Waals surface area (Å²) in [6, 6.07) is 0.562. The highest BCUT2D eigenvalue weighted by molar-refractivity contribution is 4.77. The largest absolute Gasteiger partial charge is 0.378 e. The van der Waals surface area contributed by atoms with Crippen molar-refractivity contribution in [1.29, 1.82) is 0 Å². The molecule has 0 aromatic rings. The number of likely N-dealkylation sites (tertiary alicyclic amines) is 1. The third-order valence-electron chi connectivity index (χ3n) is 3.99. The highest BCUT2D eigenvalue weighted by Gasteiger charge is 2.20. The molecular formula is C13H26N2O. The molecule has 2 rings (SSSR count). The minimum atomic E-state index is 0.562. The van der Waals surface area contributed by atoms with E-state index < -0.39 is 0 Å². The Bertz CT molecular complexity index is 192. The van der Waals surface area contributed by atoms with Crippen LogP contribution in [0.2, 0.25) is 0 Å². The molecule has 2 atom stereocenters. The minimum absolute atomic E-state index is 0.562. The van der Waals surface area contributed by atoms with Gasteiger partial charge < -0.3 is 15.0 Å². The molecule has 0 aromatic carbocycles. The Labute approximate surface area is 99.5 Å². The van der Waals surface area contributed by atoms with Gasteiger partial charge in [0.1, 0.15) is 0 Å². The van der Waals surface area contributed by atoms with Crippen molar-refractivity contribution < 1.29 is 4.74 Å². The molecule has 2 unspecified atom stereocenters. The van der Waals surface area contributed by atoms with Crippen LogP contribution >= 0.6 is 0 Å². The highest BCUT2D eigenvalue weighted by atomic mass is 16.5. The van der Waals surface area contributed by atoms with E-state index in [1.165, 1.54) is 45.3 Å². The average molecular weight is 226 g/mol. The lowest BCUT2D eigenvalue weighted by Gasteiger charge is -2.29. The van der Waals surface area contributed by atoms with Gasteiger partial charge in [0.05, 0.1) is 13.2 Å². The first-order valence-corrected chi connectivity index (χ1v) is 6.92. The van der Waals surface area contributed by atoms with E-state index in [1.807, 2.05) is 0 Å². The first-order chi connectivity index (χ1) is 7.88. The van der Waals surface area contributed by atoms with Gasteiger partial charge in [-0.2, -0.15) is 0 Å². The molecule has 0 radical (unpaired) electrons. The summed E-state index contributed by atoms with van der Waals surface area (Å²) in [5.41, 5.74) is 0. The normalized spacial score (nSPS) is 33.6. The maximum Gasteiger partial charge on any atom is 0.0632 e. The monoisotopic (exact) mass is 226 g/mol. The second kappa shape index (κ2) is 6.58. The fourth-order valence-corrected chi connectivity index (χ4v) is 2.86. The van der Waals surface area contributed by atoms with Crippen LogP contribution in [-0.2, 0) is 4.74 Å². The Morgan fingerprint density at radius 3 is 3.00 bits per heavy atom. The van der Waals surface area contributed by atoms with Crippen LogP contribution in [0.5, 0.6) is 0 Å². The zero-order valence-corrected chi connectivity index (χ0v) is 10.6. The molecule has 2 saturated heterocycles. The summed E-state index contributed by atoms with van der Waals surface area (Å²) >= 11 is 0. The van der Waals surface area contributed by atoms with E-state index >= 15 is 0 Å². The fourth-order valence-electron chi connectivity index (χ4n) is 2.86. The number of hydrogen-bond acceptors (Lipinski definition) is 3. The summed E-state index contributed by atoms with van der Waals surface area (Å²) in [6.45, 7) is 8.89.